The second-order valence-electron chi connectivity index (χ2n) is 3.93. The molecular formula is C10H15NO5S. The number of aromatic carboxylic acids is 1. The first-order valence-electron chi connectivity index (χ1n) is 4.95. The minimum absolute atomic E-state index is 0.0343. The zero-order valence-corrected chi connectivity index (χ0v) is 10.5. The van der Waals surface area contributed by atoms with Gasteiger partial charge in [0.05, 0.1) is 18.6 Å². The van der Waals surface area contributed by atoms with Crippen LogP contribution in [-0.4, -0.2) is 50.0 Å². The van der Waals surface area contributed by atoms with Crippen LogP contribution in [0.4, 0.5) is 0 Å². The molecule has 0 bridgehead atoms. The summed E-state index contributed by atoms with van der Waals surface area (Å²) < 4.78 is 27.0. The van der Waals surface area contributed by atoms with Gasteiger partial charge in [-0.25, -0.2) is 13.2 Å². The van der Waals surface area contributed by atoms with Crippen LogP contribution in [0.3, 0.4) is 0 Å². The maximum atomic E-state index is 11.0. The summed E-state index contributed by atoms with van der Waals surface area (Å²) in [7, 11) is -1.31. The van der Waals surface area contributed by atoms with Gasteiger partial charge in [-0.1, -0.05) is 0 Å². The van der Waals surface area contributed by atoms with Crippen molar-refractivity contribution < 1.29 is 22.7 Å². The molecule has 0 aliphatic heterocycles. The molecule has 0 aromatic carbocycles. The normalized spacial score (nSPS) is 11.9. The van der Waals surface area contributed by atoms with E-state index in [0.717, 1.165) is 6.26 Å². The smallest absolute Gasteiger partial charge is 0.339 e. The lowest BCUT2D eigenvalue weighted by atomic mass is 10.2. The maximum absolute atomic E-state index is 11.0. The number of hydrogen-bond acceptors (Lipinski definition) is 5. The lowest BCUT2D eigenvalue weighted by Crippen LogP contribution is -2.25. The summed E-state index contributed by atoms with van der Waals surface area (Å²) in [5.74, 6) is -0.689. The highest BCUT2D eigenvalue weighted by Crippen LogP contribution is 2.12. The first kappa shape index (κ1) is 13.7. The molecule has 1 aromatic rings. The minimum atomic E-state index is -3.01. The fraction of sp³-hybridized carbons (Fsp3) is 0.500. The topological polar surface area (TPSA) is 87.8 Å². The van der Waals surface area contributed by atoms with Crippen molar-refractivity contribution in [1.82, 2.24) is 4.90 Å². The summed E-state index contributed by atoms with van der Waals surface area (Å²) in [6, 6.07) is 1.38. The average Bonchev–Trinajstić information content (AvgIpc) is 2.62. The van der Waals surface area contributed by atoms with Crippen LogP contribution in [0.1, 0.15) is 16.1 Å². The van der Waals surface area contributed by atoms with Gasteiger partial charge < -0.3 is 9.52 Å². The highest BCUT2D eigenvalue weighted by atomic mass is 32.2. The molecule has 0 spiro atoms. The Balaban J connectivity index is 2.59. The number of sulfone groups is 1. The van der Waals surface area contributed by atoms with E-state index in [9.17, 15) is 13.2 Å². The molecule has 96 valence electrons. The van der Waals surface area contributed by atoms with Gasteiger partial charge >= 0.3 is 5.97 Å². The third kappa shape index (κ3) is 4.58. The van der Waals surface area contributed by atoms with E-state index in [1.807, 2.05) is 0 Å². The SMILES string of the molecule is CN(CCS(C)(=O)=O)Cc1occc1C(=O)O. The predicted molar refractivity (Wildman–Crippen MR) is 61.7 cm³/mol. The molecule has 0 atom stereocenters. The van der Waals surface area contributed by atoms with E-state index in [1.54, 1.807) is 11.9 Å². The Kier molecular flexibility index (Phi) is 4.30. The monoisotopic (exact) mass is 261 g/mol. The van der Waals surface area contributed by atoms with Gasteiger partial charge in [0.15, 0.2) is 0 Å². The highest BCUT2D eigenvalue weighted by molar-refractivity contribution is 7.90. The number of carbonyl (C=O) groups is 1. The Hall–Kier alpha value is -1.34. The van der Waals surface area contributed by atoms with Crippen LogP contribution >= 0.6 is 0 Å². The Morgan fingerprint density at radius 1 is 1.53 bits per heavy atom. The van der Waals surface area contributed by atoms with E-state index in [2.05, 4.69) is 0 Å². The fourth-order valence-electron chi connectivity index (χ4n) is 1.30. The Bertz CT molecular complexity index is 491. The van der Waals surface area contributed by atoms with Crippen LogP contribution < -0.4 is 0 Å². The number of nitrogens with zero attached hydrogens (tertiary/aromatic N) is 1. The average molecular weight is 261 g/mol. The van der Waals surface area contributed by atoms with Gasteiger partial charge in [0, 0.05) is 12.8 Å². The van der Waals surface area contributed by atoms with E-state index in [0.29, 0.717) is 12.3 Å². The van der Waals surface area contributed by atoms with Crippen LogP contribution in [0.15, 0.2) is 16.7 Å². The van der Waals surface area contributed by atoms with E-state index in [1.165, 1.54) is 12.3 Å². The molecule has 6 nitrogen and oxygen atoms in total. The Morgan fingerprint density at radius 2 is 2.18 bits per heavy atom. The molecule has 0 unspecified atom stereocenters. The van der Waals surface area contributed by atoms with Crippen LogP contribution in [0, 0.1) is 0 Å². The van der Waals surface area contributed by atoms with Gasteiger partial charge in [-0.05, 0) is 13.1 Å². The number of carboxylic acids is 1. The predicted octanol–water partition coefficient (Wildman–Crippen LogP) is 0.454. The maximum Gasteiger partial charge on any atom is 0.339 e. The van der Waals surface area contributed by atoms with Crippen LogP contribution in [-0.2, 0) is 16.4 Å². The molecular weight excluding hydrogens is 246 g/mol. The zero-order valence-electron chi connectivity index (χ0n) is 9.71. The van der Waals surface area contributed by atoms with Crippen molar-refractivity contribution in [2.24, 2.45) is 0 Å². The molecule has 17 heavy (non-hydrogen) atoms. The lowest BCUT2D eigenvalue weighted by molar-refractivity contribution is 0.0693. The first-order valence-corrected chi connectivity index (χ1v) is 7.01. The van der Waals surface area contributed by atoms with E-state index < -0.39 is 15.8 Å². The van der Waals surface area contributed by atoms with Crippen molar-refractivity contribution >= 4 is 15.8 Å². The van der Waals surface area contributed by atoms with Gasteiger partial charge in [0.25, 0.3) is 0 Å². The number of hydrogen-bond donors (Lipinski definition) is 1. The summed E-state index contributed by atoms with van der Waals surface area (Å²) in [6.07, 6.45) is 2.47. The molecule has 0 saturated heterocycles. The number of furan rings is 1. The van der Waals surface area contributed by atoms with Crippen molar-refractivity contribution in [3.05, 3.63) is 23.7 Å². The zero-order chi connectivity index (χ0) is 13.1. The van der Waals surface area contributed by atoms with Crippen molar-refractivity contribution in [3.8, 4) is 0 Å². The Morgan fingerprint density at radius 3 is 2.71 bits per heavy atom. The summed E-state index contributed by atoms with van der Waals surface area (Å²) >= 11 is 0. The third-order valence-corrected chi connectivity index (χ3v) is 3.16. The molecule has 0 aliphatic carbocycles. The summed E-state index contributed by atoms with van der Waals surface area (Å²) in [5, 5.41) is 8.85. The van der Waals surface area contributed by atoms with Gasteiger partial charge in [0.2, 0.25) is 0 Å². The summed E-state index contributed by atoms with van der Waals surface area (Å²) in [5.41, 5.74) is 0.108. The van der Waals surface area contributed by atoms with Crippen molar-refractivity contribution in [1.29, 1.82) is 0 Å². The van der Waals surface area contributed by atoms with E-state index in [4.69, 9.17) is 9.52 Å². The van der Waals surface area contributed by atoms with E-state index in [-0.39, 0.29) is 17.9 Å². The van der Waals surface area contributed by atoms with Crippen LogP contribution in [0.5, 0.6) is 0 Å². The molecule has 7 heteroatoms. The lowest BCUT2D eigenvalue weighted by Gasteiger charge is -2.14. The second kappa shape index (κ2) is 5.33. The second-order valence-corrected chi connectivity index (χ2v) is 6.19. The largest absolute Gasteiger partial charge is 0.478 e. The standard InChI is InChI=1S/C10H15NO5S/c1-11(4-6-17(2,14)15)7-9-8(10(12)13)3-5-16-9/h3,5H,4,6-7H2,1-2H3,(H,12,13). The molecule has 1 aromatic heterocycles. The van der Waals surface area contributed by atoms with E-state index >= 15 is 0 Å². The van der Waals surface area contributed by atoms with Crippen LogP contribution in [0.2, 0.25) is 0 Å². The van der Waals surface area contributed by atoms with Gasteiger partial charge in [0.1, 0.15) is 21.2 Å². The molecule has 0 aliphatic rings. The van der Waals surface area contributed by atoms with Gasteiger partial charge in [-0.15, -0.1) is 0 Å². The van der Waals surface area contributed by atoms with Crippen molar-refractivity contribution in [2.45, 2.75) is 6.54 Å². The molecule has 0 radical (unpaired) electrons. The third-order valence-electron chi connectivity index (χ3n) is 2.23. The molecule has 1 rings (SSSR count). The fourth-order valence-corrected chi connectivity index (χ4v) is 1.94. The Labute approximate surface area is 99.8 Å². The minimum Gasteiger partial charge on any atom is -0.478 e. The molecule has 1 heterocycles. The number of rotatable bonds is 6. The highest BCUT2D eigenvalue weighted by Gasteiger charge is 2.15. The molecule has 0 saturated carbocycles. The molecule has 1 N–H and O–H groups in total. The number of carboxylic acid groups (broad SMARTS) is 1. The molecule has 0 fully saturated rings. The van der Waals surface area contributed by atoms with Crippen molar-refractivity contribution in [2.75, 3.05) is 25.6 Å². The summed E-state index contributed by atoms with van der Waals surface area (Å²) in [4.78, 5) is 12.5. The first-order chi connectivity index (χ1) is 7.79. The van der Waals surface area contributed by atoms with Gasteiger partial charge in [-0.2, -0.15) is 0 Å². The van der Waals surface area contributed by atoms with Gasteiger partial charge in [-0.3, -0.25) is 4.90 Å². The van der Waals surface area contributed by atoms with Crippen LogP contribution in [0.25, 0.3) is 0 Å². The van der Waals surface area contributed by atoms with Crippen molar-refractivity contribution in [3.63, 3.8) is 0 Å². The summed E-state index contributed by atoms with van der Waals surface area (Å²) in [6.45, 7) is 0.600. The quantitative estimate of drug-likeness (QED) is 0.800. The molecule has 0 amide bonds.